The third-order valence-electron chi connectivity index (χ3n) is 7.06. The van der Waals surface area contributed by atoms with Crippen molar-refractivity contribution in [1.29, 1.82) is 0 Å². The van der Waals surface area contributed by atoms with Gasteiger partial charge in [0.1, 0.15) is 11.3 Å². The number of benzene rings is 1. The molecule has 8 nitrogen and oxygen atoms in total. The highest BCUT2D eigenvalue weighted by molar-refractivity contribution is 7.19. The molecule has 2 aromatic heterocycles. The molecule has 3 amide bonds. The summed E-state index contributed by atoms with van der Waals surface area (Å²) in [4.78, 5) is 36.3. The molecule has 5 rings (SSSR count). The molecule has 3 N–H and O–H groups in total. The number of nitrogens with two attached hydrogens (primary N) is 1. The third kappa shape index (κ3) is 3.79. The van der Waals surface area contributed by atoms with Crippen LogP contribution in [0.2, 0.25) is 0 Å². The maximum Gasteiger partial charge on any atom is 0.324 e. The number of primary amides is 1. The summed E-state index contributed by atoms with van der Waals surface area (Å²) in [7, 11) is 1.67. The summed E-state index contributed by atoms with van der Waals surface area (Å²) in [6.45, 7) is 2.20. The first-order chi connectivity index (χ1) is 16.4. The van der Waals surface area contributed by atoms with E-state index in [-0.39, 0.29) is 11.4 Å². The summed E-state index contributed by atoms with van der Waals surface area (Å²) >= 11 is 1.39. The predicted octanol–water partition coefficient (Wildman–Crippen LogP) is 4.17. The van der Waals surface area contributed by atoms with Gasteiger partial charge in [-0.1, -0.05) is 23.5 Å². The molecule has 9 heteroatoms. The zero-order chi connectivity index (χ0) is 23.9. The van der Waals surface area contributed by atoms with E-state index in [0.29, 0.717) is 18.1 Å². The first-order valence-corrected chi connectivity index (χ1v) is 12.1. The quantitative estimate of drug-likeness (QED) is 0.554. The van der Waals surface area contributed by atoms with E-state index >= 15 is 0 Å². The van der Waals surface area contributed by atoms with Crippen LogP contribution < -0.4 is 15.8 Å². The Morgan fingerprint density at radius 2 is 1.91 bits per heavy atom. The number of aromatic nitrogens is 2. The Hall–Kier alpha value is -3.46. The number of amides is 3. The topological polar surface area (TPSA) is 110 Å². The summed E-state index contributed by atoms with van der Waals surface area (Å²) in [5, 5.41) is 3.32. The summed E-state index contributed by atoms with van der Waals surface area (Å²) < 4.78 is 5.29. The van der Waals surface area contributed by atoms with E-state index in [9.17, 15) is 9.59 Å². The summed E-state index contributed by atoms with van der Waals surface area (Å²) in [5.41, 5.74) is 7.79. The lowest BCUT2D eigenvalue weighted by atomic mass is 9.91. The Morgan fingerprint density at radius 1 is 1.15 bits per heavy atom. The van der Waals surface area contributed by atoms with Crippen LogP contribution in [-0.4, -0.2) is 46.0 Å². The summed E-state index contributed by atoms with van der Waals surface area (Å²) in [6, 6.07) is 11.9. The van der Waals surface area contributed by atoms with Gasteiger partial charge in [-0.2, -0.15) is 0 Å². The van der Waals surface area contributed by atoms with E-state index in [2.05, 4.69) is 28.5 Å². The first kappa shape index (κ1) is 22.3. The van der Waals surface area contributed by atoms with Crippen molar-refractivity contribution in [1.82, 2.24) is 14.9 Å². The first-order valence-electron chi connectivity index (χ1n) is 11.3. The molecule has 1 aliphatic carbocycles. The van der Waals surface area contributed by atoms with Crippen molar-refractivity contribution in [2.45, 2.75) is 43.6 Å². The molecule has 0 unspecified atom stereocenters. The van der Waals surface area contributed by atoms with E-state index in [1.807, 2.05) is 24.4 Å². The number of hydrogen-bond acceptors (Lipinski definition) is 6. The lowest BCUT2D eigenvalue weighted by molar-refractivity contribution is -0.126. The molecule has 0 spiro atoms. The summed E-state index contributed by atoms with van der Waals surface area (Å²) in [5.74, 6) is 0.348. The maximum absolute atomic E-state index is 12.8. The highest BCUT2D eigenvalue weighted by Crippen LogP contribution is 2.53. The van der Waals surface area contributed by atoms with E-state index in [1.165, 1.54) is 21.8 Å². The molecule has 3 aromatic rings. The number of thiazole rings is 1. The van der Waals surface area contributed by atoms with Crippen LogP contribution >= 0.6 is 11.3 Å². The van der Waals surface area contributed by atoms with Crippen LogP contribution in [-0.2, 0) is 10.2 Å². The molecule has 176 valence electrons. The second-order valence-corrected chi connectivity index (χ2v) is 10.1. The molecule has 1 aliphatic heterocycles. The highest BCUT2D eigenvalue weighted by atomic mass is 32.1. The second kappa shape index (κ2) is 8.39. The maximum atomic E-state index is 12.8. The van der Waals surface area contributed by atoms with E-state index < -0.39 is 11.4 Å². The van der Waals surface area contributed by atoms with Gasteiger partial charge in [-0.25, -0.2) is 9.78 Å². The van der Waals surface area contributed by atoms with Crippen molar-refractivity contribution in [3.05, 3.63) is 60.0 Å². The van der Waals surface area contributed by atoms with E-state index in [1.54, 1.807) is 20.2 Å². The number of nitrogens with one attached hydrogen (secondary N) is 1. The number of pyridine rings is 1. The fourth-order valence-corrected chi connectivity index (χ4v) is 5.54. The molecule has 2 aliphatic rings. The van der Waals surface area contributed by atoms with Crippen molar-refractivity contribution in [3.63, 3.8) is 0 Å². The molecule has 1 saturated carbocycles. The van der Waals surface area contributed by atoms with Crippen LogP contribution in [0.3, 0.4) is 0 Å². The number of hydrogen-bond donors (Lipinski definition) is 2. The monoisotopic (exact) mass is 477 g/mol. The molecular formula is C25H27N5O3S. The summed E-state index contributed by atoms with van der Waals surface area (Å²) in [6.07, 6.45) is 6.99. The zero-order valence-electron chi connectivity index (χ0n) is 19.2. The number of anilines is 1. The second-order valence-electron chi connectivity index (χ2n) is 9.09. The molecule has 1 atom stereocenters. The van der Waals surface area contributed by atoms with Gasteiger partial charge in [-0.05, 0) is 68.0 Å². The Labute approximate surface area is 202 Å². The van der Waals surface area contributed by atoms with Gasteiger partial charge in [0.05, 0.1) is 17.7 Å². The Kier molecular flexibility index (Phi) is 5.51. The fraction of sp³-hybridized carbons (Fsp3) is 0.360. The van der Waals surface area contributed by atoms with Gasteiger partial charge in [-0.3, -0.25) is 15.1 Å². The van der Waals surface area contributed by atoms with Gasteiger partial charge >= 0.3 is 6.03 Å². The van der Waals surface area contributed by atoms with Crippen molar-refractivity contribution in [2.75, 3.05) is 19.0 Å². The molecule has 1 aromatic carbocycles. The molecule has 2 fully saturated rings. The minimum absolute atomic E-state index is 0.0704. The SMILES string of the molecule is COc1ccc(C2(c3cc(-c4cnc(NC(=O)N5CCC[C@@]5(C)C(N)=O)s4)ccn3)CC2)cc1. The minimum Gasteiger partial charge on any atom is -0.497 e. The Balaban J connectivity index is 1.34. The van der Waals surface area contributed by atoms with Gasteiger partial charge in [0.2, 0.25) is 5.91 Å². The average Bonchev–Trinajstić information content (AvgIpc) is 3.36. The van der Waals surface area contributed by atoms with Gasteiger partial charge in [-0.15, -0.1) is 0 Å². The van der Waals surface area contributed by atoms with Gasteiger partial charge in [0.25, 0.3) is 0 Å². The van der Waals surface area contributed by atoms with E-state index in [4.69, 9.17) is 15.5 Å². The number of carbonyl (C=O) groups is 2. The highest BCUT2D eigenvalue weighted by Gasteiger charge is 2.47. The number of ether oxygens (including phenoxy) is 1. The smallest absolute Gasteiger partial charge is 0.324 e. The number of urea groups is 1. The number of rotatable bonds is 6. The molecular weight excluding hydrogens is 450 g/mol. The third-order valence-corrected chi connectivity index (χ3v) is 8.03. The molecule has 1 saturated heterocycles. The van der Waals surface area contributed by atoms with Crippen LogP contribution in [0.25, 0.3) is 10.4 Å². The lowest BCUT2D eigenvalue weighted by Crippen LogP contribution is -2.55. The van der Waals surface area contributed by atoms with Crippen LogP contribution in [0.4, 0.5) is 9.93 Å². The molecule has 3 heterocycles. The minimum atomic E-state index is -0.968. The van der Waals surface area contributed by atoms with Crippen molar-refractivity contribution in [3.8, 4) is 16.2 Å². The molecule has 34 heavy (non-hydrogen) atoms. The largest absolute Gasteiger partial charge is 0.497 e. The number of carbonyl (C=O) groups excluding carboxylic acids is 2. The predicted molar refractivity (Wildman–Crippen MR) is 131 cm³/mol. The van der Waals surface area contributed by atoms with Gasteiger partial charge in [0.15, 0.2) is 5.13 Å². The Bertz CT molecular complexity index is 1240. The van der Waals surface area contributed by atoms with Crippen molar-refractivity contribution in [2.24, 2.45) is 5.73 Å². The van der Waals surface area contributed by atoms with Crippen LogP contribution in [0, 0.1) is 0 Å². The van der Waals surface area contributed by atoms with Crippen LogP contribution in [0.15, 0.2) is 48.8 Å². The normalized spacial score (nSPS) is 20.7. The molecule has 0 radical (unpaired) electrons. The number of methoxy groups -OCH3 is 1. The lowest BCUT2D eigenvalue weighted by Gasteiger charge is -2.31. The fourth-order valence-electron chi connectivity index (χ4n) is 4.74. The average molecular weight is 478 g/mol. The zero-order valence-corrected chi connectivity index (χ0v) is 20.0. The van der Waals surface area contributed by atoms with E-state index in [0.717, 1.165) is 41.1 Å². The number of nitrogens with zero attached hydrogens (tertiary/aromatic N) is 3. The number of likely N-dealkylation sites (tertiary alicyclic amines) is 1. The van der Waals surface area contributed by atoms with Gasteiger partial charge in [0, 0.05) is 24.4 Å². The van der Waals surface area contributed by atoms with Crippen LogP contribution in [0.5, 0.6) is 5.75 Å². The van der Waals surface area contributed by atoms with Crippen molar-refractivity contribution < 1.29 is 14.3 Å². The Morgan fingerprint density at radius 3 is 2.59 bits per heavy atom. The van der Waals surface area contributed by atoms with Gasteiger partial charge < -0.3 is 15.4 Å². The molecule has 0 bridgehead atoms. The standard InChI is InChI=1S/C25H27N5O3S/c1-24(21(26)31)9-3-13-30(24)23(32)29-22-28-15-19(34-22)16-8-12-27-20(14-16)25(10-11-25)17-4-6-18(33-2)7-5-17/h4-8,12,14-15H,3,9-11,13H2,1-2H3,(H2,26,31)(H,28,29,32)/t24-/m0/s1. The van der Waals surface area contributed by atoms with Crippen molar-refractivity contribution >= 4 is 28.4 Å². The van der Waals surface area contributed by atoms with Crippen LogP contribution in [0.1, 0.15) is 43.9 Å².